The number of ether oxygens (including phenoxy) is 2. The summed E-state index contributed by atoms with van der Waals surface area (Å²) in [6, 6.07) is 0. The standard InChI is InChI=1S/C6H14O2.K/c1-4-7-6(3)8-5-2;/h6H,4-5H2,1-3H3;. The van der Waals surface area contributed by atoms with Gasteiger partial charge in [-0.15, -0.1) is 0 Å². The maximum atomic E-state index is 5.06. The van der Waals surface area contributed by atoms with Crippen LogP contribution in [0.25, 0.3) is 0 Å². The Balaban J connectivity index is 0. The van der Waals surface area contributed by atoms with Crippen molar-refractivity contribution in [3.8, 4) is 0 Å². The van der Waals surface area contributed by atoms with E-state index < -0.39 is 0 Å². The van der Waals surface area contributed by atoms with Crippen LogP contribution in [-0.2, 0) is 9.47 Å². The van der Waals surface area contributed by atoms with Crippen molar-refractivity contribution < 1.29 is 9.47 Å². The Hall–Kier alpha value is 1.56. The molecule has 0 heterocycles. The molecule has 0 spiro atoms. The van der Waals surface area contributed by atoms with Gasteiger partial charge in [0.25, 0.3) is 0 Å². The van der Waals surface area contributed by atoms with Gasteiger partial charge in [-0.25, -0.2) is 0 Å². The summed E-state index contributed by atoms with van der Waals surface area (Å²) in [6.45, 7) is 7.25. The predicted molar refractivity (Wildman–Crippen MR) is 38.5 cm³/mol. The maximum absolute atomic E-state index is 5.06. The molecule has 0 rings (SSSR count). The van der Waals surface area contributed by atoms with Crippen LogP contribution in [0.5, 0.6) is 0 Å². The van der Waals surface area contributed by atoms with Gasteiger partial charge in [-0.2, -0.15) is 0 Å². The summed E-state index contributed by atoms with van der Waals surface area (Å²) in [7, 11) is 0. The van der Waals surface area contributed by atoms with Crippen LogP contribution >= 0.6 is 0 Å². The van der Waals surface area contributed by atoms with Crippen LogP contribution in [0.2, 0.25) is 0 Å². The molecule has 0 aliphatic carbocycles. The first kappa shape index (κ1) is 13.2. The van der Waals surface area contributed by atoms with Crippen molar-refractivity contribution in [2.75, 3.05) is 13.2 Å². The van der Waals surface area contributed by atoms with Crippen molar-refractivity contribution >= 4 is 51.4 Å². The Morgan fingerprint density at radius 2 is 1.44 bits per heavy atom. The number of hydrogen-bond acceptors (Lipinski definition) is 2. The van der Waals surface area contributed by atoms with Crippen molar-refractivity contribution in [2.45, 2.75) is 27.1 Å². The van der Waals surface area contributed by atoms with Gasteiger partial charge in [0, 0.05) is 64.6 Å². The largest absolute Gasteiger partial charge is 0.353 e. The molecule has 0 N–H and O–H groups in total. The first-order valence-corrected chi connectivity index (χ1v) is 3.04. The van der Waals surface area contributed by atoms with Gasteiger partial charge in [0.1, 0.15) is 0 Å². The van der Waals surface area contributed by atoms with Crippen LogP contribution in [0.1, 0.15) is 20.8 Å². The van der Waals surface area contributed by atoms with E-state index in [1.807, 2.05) is 20.8 Å². The summed E-state index contributed by atoms with van der Waals surface area (Å²) in [4.78, 5) is 0. The average Bonchev–Trinajstić information content (AvgIpc) is 1.68. The van der Waals surface area contributed by atoms with Gasteiger partial charge in [0.2, 0.25) is 0 Å². The van der Waals surface area contributed by atoms with E-state index in [9.17, 15) is 0 Å². The van der Waals surface area contributed by atoms with Gasteiger partial charge in [0.05, 0.1) is 0 Å². The zero-order valence-electron chi connectivity index (χ0n) is 6.81. The SMILES string of the molecule is CCOC(C)OCC.[K]. The molecule has 3 heteroatoms. The molecule has 0 fully saturated rings. The minimum atomic E-state index is -0.0370. The quantitative estimate of drug-likeness (QED) is 0.448. The second-order valence-corrected chi connectivity index (χ2v) is 1.48. The fraction of sp³-hybridized carbons (Fsp3) is 1.00. The Labute approximate surface area is 99.7 Å². The van der Waals surface area contributed by atoms with E-state index in [-0.39, 0.29) is 57.7 Å². The van der Waals surface area contributed by atoms with Gasteiger partial charge < -0.3 is 9.47 Å². The van der Waals surface area contributed by atoms with E-state index in [1.165, 1.54) is 0 Å². The average molecular weight is 157 g/mol. The van der Waals surface area contributed by atoms with Crippen molar-refractivity contribution in [1.29, 1.82) is 0 Å². The number of hydrogen-bond donors (Lipinski definition) is 0. The van der Waals surface area contributed by atoms with Gasteiger partial charge in [-0.3, -0.25) is 0 Å². The minimum absolute atomic E-state index is 0. The van der Waals surface area contributed by atoms with Crippen molar-refractivity contribution in [1.82, 2.24) is 0 Å². The van der Waals surface area contributed by atoms with E-state index in [4.69, 9.17) is 9.47 Å². The normalized spacial score (nSPS) is 9.33. The molecule has 0 aromatic heterocycles. The van der Waals surface area contributed by atoms with Crippen LogP contribution in [0, 0.1) is 0 Å². The third-order valence-electron chi connectivity index (χ3n) is 0.803. The van der Waals surface area contributed by atoms with Crippen LogP contribution in [0.3, 0.4) is 0 Å². The zero-order valence-corrected chi connectivity index (χ0v) is 9.93. The molecule has 9 heavy (non-hydrogen) atoms. The minimum Gasteiger partial charge on any atom is -0.353 e. The first-order chi connectivity index (χ1) is 3.81. The molecule has 0 aliphatic heterocycles. The molecule has 0 atom stereocenters. The third-order valence-corrected chi connectivity index (χ3v) is 0.803. The maximum Gasteiger partial charge on any atom is 0.154 e. The second-order valence-electron chi connectivity index (χ2n) is 1.48. The fourth-order valence-corrected chi connectivity index (χ4v) is 0.518. The Morgan fingerprint density at radius 1 is 1.11 bits per heavy atom. The third kappa shape index (κ3) is 9.56. The predicted octanol–water partition coefficient (Wildman–Crippen LogP) is 1.02. The number of rotatable bonds is 4. The van der Waals surface area contributed by atoms with Crippen LogP contribution in [-0.4, -0.2) is 70.9 Å². The monoisotopic (exact) mass is 157 g/mol. The van der Waals surface area contributed by atoms with E-state index in [1.54, 1.807) is 0 Å². The zero-order chi connectivity index (χ0) is 6.41. The molecule has 2 nitrogen and oxygen atoms in total. The Bertz CT molecular complexity index is 44.3. The summed E-state index contributed by atoms with van der Waals surface area (Å²) >= 11 is 0. The summed E-state index contributed by atoms with van der Waals surface area (Å²) in [6.07, 6.45) is -0.0370. The summed E-state index contributed by atoms with van der Waals surface area (Å²) in [5, 5.41) is 0. The molecule has 0 unspecified atom stereocenters. The second kappa shape index (κ2) is 9.56. The molecule has 0 saturated carbocycles. The van der Waals surface area contributed by atoms with E-state index in [0.717, 1.165) is 13.2 Å². The molecule has 0 saturated heterocycles. The molecule has 51 valence electrons. The van der Waals surface area contributed by atoms with Crippen LogP contribution < -0.4 is 0 Å². The Kier molecular flexibility index (Phi) is 14.0. The molecular formula is C6H14KO2. The summed E-state index contributed by atoms with van der Waals surface area (Å²) < 4.78 is 10.1. The fourth-order valence-electron chi connectivity index (χ4n) is 0.518. The van der Waals surface area contributed by atoms with Crippen LogP contribution in [0.4, 0.5) is 0 Å². The molecule has 0 aromatic rings. The van der Waals surface area contributed by atoms with Crippen molar-refractivity contribution in [3.05, 3.63) is 0 Å². The smallest absolute Gasteiger partial charge is 0.154 e. The molecular weight excluding hydrogens is 143 g/mol. The summed E-state index contributed by atoms with van der Waals surface area (Å²) in [5.74, 6) is 0. The van der Waals surface area contributed by atoms with Gasteiger partial charge in [-0.1, -0.05) is 0 Å². The summed E-state index contributed by atoms with van der Waals surface area (Å²) in [5.41, 5.74) is 0. The van der Waals surface area contributed by atoms with E-state index >= 15 is 0 Å². The van der Waals surface area contributed by atoms with Gasteiger partial charge in [0.15, 0.2) is 6.29 Å². The molecule has 0 aromatic carbocycles. The first-order valence-electron chi connectivity index (χ1n) is 3.04. The van der Waals surface area contributed by atoms with Crippen LogP contribution in [0.15, 0.2) is 0 Å². The Morgan fingerprint density at radius 3 is 1.67 bits per heavy atom. The molecule has 0 amide bonds. The van der Waals surface area contributed by atoms with E-state index in [2.05, 4.69) is 0 Å². The van der Waals surface area contributed by atoms with Crippen molar-refractivity contribution in [2.24, 2.45) is 0 Å². The van der Waals surface area contributed by atoms with Crippen molar-refractivity contribution in [3.63, 3.8) is 0 Å². The van der Waals surface area contributed by atoms with Gasteiger partial charge >= 0.3 is 0 Å². The molecule has 0 aliphatic rings. The topological polar surface area (TPSA) is 18.5 Å². The molecule has 1 radical (unpaired) electrons. The molecule has 0 bridgehead atoms. The van der Waals surface area contributed by atoms with E-state index in [0.29, 0.717) is 0 Å². The van der Waals surface area contributed by atoms with Gasteiger partial charge in [-0.05, 0) is 20.8 Å².